The van der Waals surface area contributed by atoms with E-state index in [0.29, 0.717) is 17.0 Å². The van der Waals surface area contributed by atoms with Crippen LogP contribution in [0.5, 0.6) is 5.75 Å². The Kier molecular flexibility index (Phi) is 3.31. The molecule has 0 saturated carbocycles. The summed E-state index contributed by atoms with van der Waals surface area (Å²) in [6, 6.07) is 10.7. The van der Waals surface area contributed by atoms with E-state index in [0.717, 1.165) is 5.56 Å². The molecule has 21 heavy (non-hydrogen) atoms. The van der Waals surface area contributed by atoms with Gasteiger partial charge in [-0.15, -0.1) is 0 Å². The van der Waals surface area contributed by atoms with Crippen molar-refractivity contribution in [2.75, 3.05) is 7.11 Å². The Bertz CT molecular complexity index is 878. The summed E-state index contributed by atoms with van der Waals surface area (Å²) in [6.45, 7) is 1.97. The van der Waals surface area contributed by atoms with Crippen molar-refractivity contribution in [3.8, 4) is 5.75 Å². The Hall–Kier alpha value is -2.47. The topological polar surface area (TPSA) is 48.5 Å². The molecule has 106 valence electrons. The molecule has 0 unspecified atom stereocenters. The minimum absolute atomic E-state index is 0.223. The summed E-state index contributed by atoms with van der Waals surface area (Å²) in [6.07, 6.45) is 1.79. The predicted octanol–water partition coefficient (Wildman–Crippen LogP) is 2.87. The van der Waals surface area contributed by atoms with Crippen LogP contribution in [0.3, 0.4) is 0 Å². The van der Waals surface area contributed by atoms with Crippen molar-refractivity contribution in [3.05, 3.63) is 58.5 Å². The van der Waals surface area contributed by atoms with Crippen molar-refractivity contribution in [2.24, 2.45) is 0 Å². The largest absolute Gasteiger partial charge is 0.497 e. The fourth-order valence-electron chi connectivity index (χ4n) is 2.11. The molecule has 3 rings (SSSR count). The first-order valence-corrected chi connectivity index (χ1v) is 6.78. The third-order valence-electron chi connectivity index (χ3n) is 3.21. The predicted molar refractivity (Wildman–Crippen MR) is 81.5 cm³/mol. The Morgan fingerprint density at radius 1 is 1.24 bits per heavy atom. The van der Waals surface area contributed by atoms with Gasteiger partial charge < -0.3 is 4.74 Å². The molecule has 2 heterocycles. The molecule has 1 aromatic carbocycles. The quantitative estimate of drug-likeness (QED) is 0.683. The minimum atomic E-state index is -0.223. The molecule has 0 aliphatic carbocycles. The highest BCUT2D eigenvalue weighted by Crippen LogP contribution is 2.14. The molecular weight excluding hydrogens is 286 g/mol. The maximum Gasteiger partial charge on any atom is 0.279 e. The number of carbonyl (C=O) groups is 1. The van der Waals surface area contributed by atoms with E-state index in [1.165, 1.54) is 4.68 Å². The zero-order chi connectivity index (χ0) is 15.0. The number of nitrogens with zero attached hydrogens (tertiary/aromatic N) is 3. The Balaban J connectivity index is 2.12. The van der Waals surface area contributed by atoms with E-state index in [1.54, 1.807) is 42.1 Å². The first-order valence-electron chi connectivity index (χ1n) is 6.37. The SMILES string of the molecule is COc1ccc(C(=O)n2c(=S)nc3cc(C)ccn32)cc1. The molecule has 6 heteroatoms. The summed E-state index contributed by atoms with van der Waals surface area (Å²) >= 11 is 5.21. The highest BCUT2D eigenvalue weighted by atomic mass is 32.1. The normalized spacial score (nSPS) is 10.8. The summed E-state index contributed by atoms with van der Waals surface area (Å²) in [7, 11) is 1.58. The van der Waals surface area contributed by atoms with E-state index in [4.69, 9.17) is 17.0 Å². The van der Waals surface area contributed by atoms with Crippen LogP contribution >= 0.6 is 12.2 Å². The third kappa shape index (κ3) is 2.34. The molecule has 0 amide bonds. The van der Waals surface area contributed by atoms with Crippen LogP contribution in [0, 0.1) is 11.7 Å². The van der Waals surface area contributed by atoms with Gasteiger partial charge in [-0.25, -0.2) is 4.52 Å². The lowest BCUT2D eigenvalue weighted by molar-refractivity contribution is 0.0938. The fourth-order valence-corrected chi connectivity index (χ4v) is 2.38. The van der Waals surface area contributed by atoms with Crippen LogP contribution in [0.2, 0.25) is 0 Å². The molecule has 0 atom stereocenters. The minimum Gasteiger partial charge on any atom is -0.497 e. The number of hydrogen-bond acceptors (Lipinski definition) is 4. The summed E-state index contributed by atoms with van der Waals surface area (Å²) in [5.41, 5.74) is 2.24. The first kappa shape index (κ1) is 13.5. The van der Waals surface area contributed by atoms with Gasteiger partial charge in [0, 0.05) is 11.8 Å². The molecule has 0 N–H and O–H groups in total. The number of methoxy groups -OCH3 is 1. The van der Waals surface area contributed by atoms with Crippen molar-refractivity contribution in [1.29, 1.82) is 0 Å². The molecule has 5 nitrogen and oxygen atoms in total. The molecule has 0 fully saturated rings. The summed E-state index contributed by atoms with van der Waals surface area (Å²) in [5.74, 6) is 0.475. The molecular formula is C15H13N3O2S. The van der Waals surface area contributed by atoms with Crippen LogP contribution in [0.4, 0.5) is 0 Å². The number of aryl methyl sites for hydroxylation is 1. The molecule has 0 spiro atoms. The second-order valence-electron chi connectivity index (χ2n) is 4.65. The van der Waals surface area contributed by atoms with Crippen molar-refractivity contribution >= 4 is 23.8 Å². The van der Waals surface area contributed by atoms with Crippen molar-refractivity contribution in [3.63, 3.8) is 0 Å². The second kappa shape index (κ2) is 5.14. The van der Waals surface area contributed by atoms with E-state index < -0.39 is 0 Å². The Morgan fingerprint density at radius 3 is 2.62 bits per heavy atom. The number of hydrogen-bond donors (Lipinski definition) is 0. The lowest BCUT2D eigenvalue weighted by atomic mass is 10.2. The van der Waals surface area contributed by atoms with Gasteiger partial charge in [0.15, 0.2) is 5.65 Å². The maximum absolute atomic E-state index is 12.6. The lowest BCUT2D eigenvalue weighted by Crippen LogP contribution is -2.17. The average molecular weight is 299 g/mol. The number of carbonyl (C=O) groups excluding carboxylic acids is 1. The maximum atomic E-state index is 12.6. The zero-order valence-corrected chi connectivity index (χ0v) is 12.4. The van der Waals surface area contributed by atoms with Gasteiger partial charge in [-0.3, -0.25) is 4.79 Å². The third-order valence-corrected chi connectivity index (χ3v) is 3.47. The number of ether oxygens (including phenoxy) is 1. The van der Waals surface area contributed by atoms with Gasteiger partial charge in [-0.05, 0) is 61.1 Å². The van der Waals surface area contributed by atoms with E-state index in [-0.39, 0.29) is 10.7 Å². The smallest absolute Gasteiger partial charge is 0.279 e. The molecule has 0 bridgehead atoms. The highest BCUT2D eigenvalue weighted by Gasteiger charge is 2.14. The van der Waals surface area contributed by atoms with Gasteiger partial charge in [0.1, 0.15) is 5.75 Å². The Morgan fingerprint density at radius 2 is 1.95 bits per heavy atom. The molecule has 0 aliphatic heterocycles. The van der Waals surface area contributed by atoms with Gasteiger partial charge in [0.2, 0.25) is 4.77 Å². The van der Waals surface area contributed by atoms with Gasteiger partial charge in [-0.1, -0.05) is 0 Å². The van der Waals surface area contributed by atoms with Crippen LogP contribution in [0.15, 0.2) is 42.6 Å². The van der Waals surface area contributed by atoms with Crippen molar-refractivity contribution in [1.82, 2.24) is 14.2 Å². The van der Waals surface area contributed by atoms with Gasteiger partial charge in [-0.2, -0.15) is 9.67 Å². The van der Waals surface area contributed by atoms with E-state index in [9.17, 15) is 4.79 Å². The standard InChI is InChI=1S/C15H13N3O2S/c1-10-7-8-17-13(9-10)16-15(21)18(17)14(19)11-3-5-12(20-2)6-4-11/h3-9H,1-2H3. The van der Waals surface area contributed by atoms with Crippen molar-refractivity contribution in [2.45, 2.75) is 6.92 Å². The number of rotatable bonds is 2. The summed E-state index contributed by atoms with van der Waals surface area (Å²) < 4.78 is 8.36. The number of aromatic nitrogens is 3. The summed E-state index contributed by atoms with van der Waals surface area (Å²) in [5, 5.41) is 0. The number of fused-ring (bicyclic) bond motifs is 1. The average Bonchev–Trinajstić information content (AvgIpc) is 2.81. The van der Waals surface area contributed by atoms with Gasteiger partial charge in [0.25, 0.3) is 5.91 Å². The van der Waals surface area contributed by atoms with Crippen LogP contribution in [0.1, 0.15) is 15.9 Å². The highest BCUT2D eigenvalue weighted by molar-refractivity contribution is 7.71. The number of pyridine rings is 1. The molecule has 3 aromatic rings. The van der Waals surface area contributed by atoms with E-state index >= 15 is 0 Å². The lowest BCUT2D eigenvalue weighted by Gasteiger charge is -2.06. The van der Waals surface area contributed by atoms with Crippen LogP contribution < -0.4 is 4.74 Å². The van der Waals surface area contributed by atoms with Gasteiger partial charge >= 0.3 is 0 Å². The first-order chi connectivity index (χ1) is 10.1. The monoisotopic (exact) mass is 299 g/mol. The van der Waals surface area contributed by atoms with E-state index in [1.807, 2.05) is 19.1 Å². The second-order valence-corrected chi connectivity index (χ2v) is 5.01. The molecule has 0 radical (unpaired) electrons. The molecule has 0 saturated heterocycles. The molecule has 2 aromatic heterocycles. The zero-order valence-electron chi connectivity index (χ0n) is 11.6. The van der Waals surface area contributed by atoms with Crippen LogP contribution in [-0.4, -0.2) is 27.2 Å². The van der Waals surface area contributed by atoms with Crippen molar-refractivity contribution < 1.29 is 9.53 Å². The van der Waals surface area contributed by atoms with E-state index in [2.05, 4.69) is 4.98 Å². The fraction of sp³-hybridized carbons (Fsp3) is 0.133. The molecule has 0 aliphatic rings. The van der Waals surface area contributed by atoms with Crippen LogP contribution in [0.25, 0.3) is 5.65 Å². The Labute approximate surface area is 126 Å². The van der Waals surface area contributed by atoms with Crippen LogP contribution in [-0.2, 0) is 0 Å². The van der Waals surface area contributed by atoms with Gasteiger partial charge in [0.05, 0.1) is 7.11 Å². The summed E-state index contributed by atoms with van der Waals surface area (Å²) in [4.78, 5) is 16.9. The number of benzene rings is 1.